The summed E-state index contributed by atoms with van der Waals surface area (Å²) in [5.74, 6) is 0.879. The summed E-state index contributed by atoms with van der Waals surface area (Å²) in [4.78, 5) is 0. The lowest BCUT2D eigenvalue weighted by molar-refractivity contribution is 0.415. The van der Waals surface area contributed by atoms with Crippen molar-refractivity contribution in [3.8, 4) is 28.0 Å². The van der Waals surface area contributed by atoms with Crippen LogP contribution in [0.4, 0.5) is 0 Å². The first-order chi connectivity index (χ1) is 16.2. The Kier molecular flexibility index (Phi) is 4.62. The number of methoxy groups -OCH3 is 1. The van der Waals surface area contributed by atoms with E-state index >= 15 is 0 Å². The van der Waals surface area contributed by atoms with Crippen LogP contribution in [0.25, 0.3) is 54.6 Å². The van der Waals surface area contributed by atoms with Crippen LogP contribution in [0.15, 0.2) is 109 Å². The third-order valence-electron chi connectivity index (χ3n) is 6.61. The Hall–Kier alpha value is -4.10. The standard InChI is InChI=1S/C32H24O/c1-21-12-14-22(15-13-21)24-18-29(23-8-4-3-5-9-23)32-28-17-16-25(33-2)20-30(28)26-10-6-7-11-27(26)31(32)19-24/h3-20H,1-2H3. The van der Waals surface area contributed by atoms with E-state index in [0.29, 0.717) is 0 Å². The van der Waals surface area contributed by atoms with Gasteiger partial charge in [0.15, 0.2) is 0 Å². The van der Waals surface area contributed by atoms with Gasteiger partial charge in [0.2, 0.25) is 0 Å². The molecule has 0 fully saturated rings. The van der Waals surface area contributed by atoms with Gasteiger partial charge >= 0.3 is 0 Å². The number of fused-ring (bicyclic) bond motifs is 6. The molecule has 0 aliphatic rings. The topological polar surface area (TPSA) is 9.23 Å². The van der Waals surface area contributed by atoms with Crippen molar-refractivity contribution >= 4 is 32.3 Å². The molecule has 33 heavy (non-hydrogen) atoms. The monoisotopic (exact) mass is 424 g/mol. The van der Waals surface area contributed by atoms with Gasteiger partial charge in [-0.05, 0) is 85.8 Å². The Balaban J connectivity index is 1.83. The van der Waals surface area contributed by atoms with E-state index in [0.717, 1.165) is 5.75 Å². The molecular formula is C32H24O. The fraction of sp³-hybridized carbons (Fsp3) is 0.0625. The number of benzene rings is 6. The Labute approximate surface area is 193 Å². The van der Waals surface area contributed by atoms with E-state index in [4.69, 9.17) is 4.74 Å². The van der Waals surface area contributed by atoms with Gasteiger partial charge in [0.1, 0.15) is 5.75 Å². The molecule has 0 N–H and O–H groups in total. The summed E-state index contributed by atoms with van der Waals surface area (Å²) in [5, 5.41) is 7.54. The maximum atomic E-state index is 5.58. The number of hydrogen-bond donors (Lipinski definition) is 0. The highest BCUT2D eigenvalue weighted by atomic mass is 16.5. The van der Waals surface area contributed by atoms with Gasteiger partial charge < -0.3 is 4.74 Å². The van der Waals surface area contributed by atoms with Gasteiger partial charge in [-0.2, -0.15) is 0 Å². The Morgan fingerprint density at radius 3 is 1.91 bits per heavy atom. The number of ether oxygens (including phenoxy) is 1. The summed E-state index contributed by atoms with van der Waals surface area (Å²) in [6.45, 7) is 2.13. The zero-order chi connectivity index (χ0) is 22.4. The van der Waals surface area contributed by atoms with E-state index in [2.05, 4.69) is 116 Å². The van der Waals surface area contributed by atoms with E-state index < -0.39 is 0 Å². The minimum atomic E-state index is 0.879. The van der Waals surface area contributed by atoms with Crippen molar-refractivity contribution in [3.63, 3.8) is 0 Å². The lowest BCUT2D eigenvalue weighted by atomic mass is 9.87. The first-order valence-corrected chi connectivity index (χ1v) is 11.3. The predicted octanol–water partition coefficient (Wildman–Crippen LogP) is 8.80. The number of aryl methyl sites for hydroxylation is 1. The van der Waals surface area contributed by atoms with Gasteiger partial charge in [0, 0.05) is 0 Å². The van der Waals surface area contributed by atoms with Crippen molar-refractivity contribution < 1.29 is 4.74 Å². The minimum absolute atomic E-state index is 0.879. The van der Waals surface area contributed by atoms with Crippen molar-refractivity contribution in [2.24, 2.45) is 0 Å². The van der Waals surface area contributed by atoms with Crippen LogP contribution < -0.4 is 4.74 Å². The molecular weight excluding hydrogens is 400 g/mol. The first kappa shape index (κ1) is 19.6. The molecule has 158 valence electrons. The quantitative estimate of drug-likeness (QED) is 0.258. The van der Waals surface area contributed by atoms with Crippen LogP contribution in [0.3, 0.4) is 0 Å². The maximum Gasteiger partial charge on any atom is 0.119 e. The molecule has 0 aromatic heterocycles. The van der Waals surface area contributed by atoms with Crippen molar-refractivity contribution in [1.82, 2.24) is 0 Å². The Bertz CT molecular complexity index is 1630. The lowest BCUT2D eigenvalue weighted by Crippen LogP contribution is -1.90. The van der Waals surface area contributed by atoms with Crippen LogP contribution in [0, 0.1) is 6.92 Å². The van der Waals surface area contributed by atoms with E-state index in [1.165, 1.54) is 60.1 Å². The van der Waals surface area contributed by atoms with Gasteiger partial charge in [0.05, 0.1) is 7.11 Å². The SMILES string of the molecule is COc1ccc2c(c1)c1ccccc1c1cc(-c3ccc(C)cc3)cc(-c3ccccc3)c21. The number of hydrogen-bond acceptors (Lipinski definition) is 1. The fourth-order valence-corrected chi connectivity index (χ4v) is 4.95. The summed E-state index contributed by atoms with van der Waals surface area (Å²) in [5.41, 5.74) is 6.22. The normalized spacial score (nSPS) is 11.3. The highest BCUT2D eigenvalue weighted by molar-refractivity contribution is 6.29. The molecule has 0 aliphatic carbocycles. The van der Waals surface area contributed by atoms with Crippen molar-refractivity contribution in [1.29, 1.82) is 0 Å². The average Bonchev–Trinajstić information content (AvgIpc) is 2.89. The summed E-state index contributed by atoms with van der Waals surface area (Å²) in [7, 11) is 1.73. The second-order valence-electron chi connectivity index (χ2n) is 8.64. The zero-order valence-corrected chi connectivity index (χ0v) is 18.8. The van der Waals surface area contributed by atoms with Gasteiger partial charge in [-0.3, -0.25) is 0 Å². The van der Waals surface area contributed by atoms with Gasteiger partial charge in [0.25, 0.3) is 0 Å². The summed E-state index contributed by atoms with van der Waals surface area (Å²) < 4.78 is 5.58. The first-order valence-electron chi connectivity index (χ1n) is 11.3. The van der Waals surface area contributed by atoms with Gasteiger partial charge in [-0.25, -0.2) is 0 Å². The molecule has 0 heterocycles. The molecule has 6 aromatic rings. The van der Waals surface area contributed by atoms with Crippen LogP contribution in [0.5, 0.6) is 5.75 Å². The molecule has 0 saturated heterocycles. The second-order valence-corrected chi connectivity index (χ2v) is 8.64. The summed E-state index contributed by atoms with van der Waals surface area (Å²) in [6, 6.07) is 39.4. The van der Waals surface area contributed by atoms with Crippen molar-refractivity contribution in [3.05, 3.63) is 115 Å². The van der Waals surface area contributed by atoms with Crippen LogP contribution in [0.2, 0.25) is 0 Å². The molecule has 6 rings (SSSR count). The molecule has 0 aliphatic heterocycles. The number of rotatable bonds is 3. The molecule has 0 bridgehead atoms. The second kappa shape index (κ2) is 7.79. The largest absolute Gasteiger partial charge is 0.497 e. The van der Waals surface area contributed by atoms with E-state index in [1.54, 1.807) is 7.11 Å². The molecule has 0 unspecified atom stereocenters. The molecule has 1 nitrogen and oxygen atoms in total. The van der Waals surface area contributed by atoms with Gasteiger partial charge in [-0.1, -0.05) is 90.5 Å². The molecule has 1 heteroatoms. The fourth-order valence-electron chi connectivity index (χ4n) is 4.95. The van der Waals surface area contributed by atoms with E-state index in [9.17, 15) is 0 Å². The third kappa shape index (κ3) is 3.25. The highest BCUT2D eigenvalue weighted by Crippen LogP contribution is 2.43. The molecule has 0 spiro atoms. The summed E-state index contributed by atoms with van der Waals surface area (Å²) in [6.07, 6.45) is 0. The maximum absolute atomic E-state index is 5.58. The van der Waals surface area contributed by atoms with Gasteiger partial charge in [-0.15, -0.1) is 0 Å². The Morgan fingerprint density at radius 1 is 0.485 bits per heavy atom. The highest BCUT2D eigenvalue weighted by Gasteiger charge is 2.15. The van der Waals surface area contributed by atoms with Crippen LogP contribution in [-0.4, -0.2) is 7.11 Å². The van der Waals surface area contributed by atoms with E-state index in [-0.39, 0.29) is 0 Å². The minimum Gasteiger partial charge on any atom is -0.497 e. The lowest BCUT2D eigenvalue weighted by Gasteiger charge is -2.17. The smallest absolute Gasteiger partial charge is 0.119 e. The molecule has 0 radical (unpaired) electrons. The van der Waals surface area contributed by atoms with Crippen LogP contribution in [0.1, 0.15) is 5.56 Å². The average molecular weight is 425 g/mol. The molecule has 0 saturated carbocycles. The summed E-state index contributed by atoms with van der Waals surface area (Å²) >= 11 is 0. The Morgan fingerprint density at radius 2 is 1.18 bits per heavy atom. The van der Waals surface area contributed by atoms with Crippen molar-refractivity contribution in [2.45, 2.75) is 6.92 Å². The molecule has 0 amide bonds. The predicted molar refractivity (Wildman–Crippen MR) is 141 cm³/mol. The molecule has 0 atom stereocenters. The third-order valence-corrected chi connectivity index (χ3v) is 6.61. The zero-order valence-electron chi connectivity index (χ0n) is 18.8. The van der Waals surface area contributed by atoms with Crippen molar-refractivity contribution in [2.75, 3.05) is 7.11 Å². The van der Waals surface area contributed by atoms with E-state index in [1.807, 2.05) is 0 Å². The van der Waals surface area contributed by atoms with Crippen LogP contribution >= 0.6 is 0 Å². The molecule has 6 aromatic carbocycles. The van der Waals surface area contributed by atoms with Crippen LogP contribution in [-0.2, 0) is 0 Å².